The normalized spacial score (nSPS) is 12.1. The summed E-state index contributed by atoms with van der Waals surface area (Å²) < 4.78 is 0. The SMILES string of the molecule is CCN(CC)C(=O)c1ccc(NC(=O)[C@@H](N)CC(C)C)cc1Cl. The van der Waals surface area contributed by atoms with Gasteiger partial charge in [0.1, 0.15) is 0 Å². The highest BCUT2D eigenvalue weighted by Gasteiger charge is 2.18. The number of hydrogen-bond acceptors (Lipinski definition) is 3. The van der Waals surface area contributed by atoms with Crippen LogP contribution >= 0.6 is 11.6 Å². The number of amides is 2. The molecule has 1 aromatic carbocycles. The summed E-state index contributed by atoms with van der Waals surface area (Å²) in [4.78, 5) is 26.0. The smallest absolute Gasteiger partial charge is 0.255 e. The molecule has 0 heterocycles. The molecule has 5 nitrogen and oxygen atoms in total. The second-order valence-electron chi connectivity index (χ2n) is 5.90. The maximum absolute atomic E-state index is 12.3. The van der Waals surface area contributed by atoms with Gasteiger partial charge in [-0.25, -0.2) is 0 Å². The van der Waals surface area contributed by atoms with E-state index in [2.05, 4.69) is 5.32 Å². The van der Waals surface area contributed by atoms with Crippen molar-refractivity contribution in [3.63, 3.8) is 0 Å². The Morgan fingerprint density at radius 1 is 1.26 bits per heavy atom. The number of carbonyl (C=O) groups is 2. The Morgan fingerprint density at radius 2 is 1.87 bits per heavy atom. The van der Waals surface area contributed by atoms with E-state index >= 15 is 0 Å². The van der Waals surface area contributed by atoms with Crippen molar-refractivity contribution in [2.24, 2.45) is 11.7 Å². The second kappa shape index (κ2) is 8.89. The standard InChI is InChI=1S/C17H26ClN3O2/c1-5-21(6-2)17(23)13-8-7-12(10-14(13)18)20-16(22)15(19)9-11(3)4/h7-8,10-11,15H,5-6,9,19H2,1-4H3,(H,20,22)/t15-/m0/s1. The highest BCUT2D eigenvalue weighted by molar-refractivity contribution is 6.34. The molecule has 1 aromatic rings. The van der Waals surface area contributed by atoms with Gasteiger partial charge in [0.05, 0.1) is 16.6 Å². The summed E-state index contributed by atoms with van der Waals surface area (Å²) in [5.74, 6) is -0.0274. The molecule has 0 bridgehead atoms. The van der Waals surface area contributed by atoms with Gasteiger partial charge in [0, 0.05) is 18.8 Å². The number of anilines is 1. The van der Waals surface area contributed by atoms with Crippen LogP contribution in [-0.2, 0) is 4.79 Å². The summed E-state index contributed by atoms with van der Waals surface area (Å²) in [7, 11) is 0. The molecule has 128 valence electrons. The number of nitrogens with one attached hydrogen (secondary N) is 1. The Kier molecular flexibility index (Phi) is 7.52. The Hall–Kier alpha value is -1.59. The van der Waals surface area contributed by atoms with Crippen LogP contribution in [0.15, 0.2) is 18.2 Å². The minimum atomic E-state index is -0.564. The Balaban J connectivity index is 2.84. The molecule has 1 rings (SSSR count). The van der Waals surface area contributed by atoms with Gasteiger partial charge in [0.25, 0.3) is 5.91 Å². The minimum Gasteiger partial charge on any atom is -0.339 e. The van der Waals surface area contributed by atoms with Gasteiger partial charge in [-0.2, -0.15) is 0 Å². The molecule has 0 saturated heterocycles. The lowest BCUT2D eigenvalue weighted by molar-refractivity contribution is -0.117. The van der Waals surface area contributed by atoms with Crippen molar-refractivity contribution >= 4 is 29.1 Å². The first-order valence-corrected chi connectivity index (χ1v) is 8.33. The topological polar surface area (TPSA) is 75.4 Å². The van der Waals surface area contributed by atoms with E-state index in [4.69, 9.17) is 17.3 Å². The Morgan fingerprint density at radius 3 is 2.35 bits per heavy atom. The maximum Gasteiger partial charge on any atom is 0.255 e. The van der Waals surface area contributed by atoms with E-state index in [1.54, 1.807) is 23.1 Å². The average molecular weight is 340 g/mol. The number of benzene rings is 1. The van der Waals surface area contributed by atoms with E-state index < -0.39 is 6.04 Å². The first-order chi connectivity index (χ1) is 10.8. The van der Waals surface area contributed by atoms with Crippen LogP contribution in [0.2, 0.25) is 5.02 Å². The van der Waals surface area contributed by atoms with Gasteiger partial charge < -0.3 is 16.0 Å². The highest BCUT2D eigenvalue weighted by Crippen LogP contribution is 2.22. The van der Waals surface area contributed by atoms with Crippen LogP contribution in [0.3, 0.4) is 0 Å². The molecule has 3 N–H and O–H groups in total. The van der Waals surface area contributed by atoms with E-state index in [1.807, 2.05) is 27.7 Å². The molecule has 0 saturated carbocycles. The predicted octanol–water partition coefficient (Wildman–Crippen LogP) is 3.13. The van der Waals surface area contributed by atoms with E-state index in [1.165, 1.54) is 0 Å². The fraction of sp³-hybridized carbons (Fsp3) is 0.529. The molecule has 0 fully saturated rings. The van der Waals surface area contributed by atoms with Crippen LogP contribution in [0.1, 0.15) is 44.5 Å². The lowest BCUT2D eigenvalue weighted by Crippen LogP contribution is -2.36. The van der Waals surface area contributed by atoms with Crippen LogP contribution in [0, 0.1) is 5.92 Å². The number of nitrogens with two attached hydrogens (primary N) is 1. The van der Waals surface area contributed by atoms with E-state index in [0.29, 0.717) is 41.7 Å². The van der Waals surface area contributed by atoms with Gasteiger partial charge in [-0.3, -0.25) is 9.59 Å². The molecule has 0 aliphatic heterocycles. The second-order valence-corrected chi connectivity index (χ2v) is 6.30. The zero-order valence-corrected chi connectivity index (χ0v) is 15.0. The van der Waals surface area contributed by atoms with Crippen LogP contribution in [0.5, 0.6) is 0 Å². The quantitative estimate of drug-likeness (QED) is 0.801. The van der Waals surface area contributed by atoms with Crippen LogP contribution in [-0.4, -0.2) is 35.8 Å². The monoisotopic (exact) mass is 339 g/mol. The van der Waals surface area contributed by atoms with E-state index in [9.17, 15) is 9.59 Å². The largest absolute Gasteiger partial charge is 0.339 e. The number of rotatable bonds is 7. The predicted molar refractivity (Wildman–Crippen MR) is 94.8 cm³/mol. The van der Waals surface area contributed by atoms with Crippen molar-refractivity contribution in [3.05, 3.63) is 28.8 Å². The molecule has 2 amide bonds. The summed E-state index contributed by atoms with van der Waals surface area (Å²) in [5, 5.41) is 3.05. The summed E-state index contributed by atoms with van der Waals surface area (Å²) in [6.07, 6.45) is 0.609. The van der Waals surface area contributed by atoms with Crippen molar-refractivity contribution in [3.8, 4) is 0 Å². The summed E-state index contributed by atoms with van der Waals surface area (Å²) in [5.41, 5.74) is 6.82. The molecule has 1 atom stereocenters. The minimum absolute atomic E-state index is 0.116. The van der Waals surface area contributed by atoms with Crippen LogP contribution in [0.25, 0.3) is 0 Å². The van der Waals surface area contributed by atoms with Crippen LogP contribution < -0.4 is 11.1 Å². The van der Waals surface area contributed by atoms with Gasteiger partial charge >= 0.3 is 0 Å². The number of carbonyl (C=O) groups excluding carboxylic acids is 2. The third-order valence-electron chi connectivity index (χ3n) is 3.58. The van der Waals surface area contributed by atoms with Crippen molar-refractivity contribution in [2.45, 2.75) is 40.2 Å². The van der Waals surface area contributed by atoms with E-state index in [0.717, 1.165) is 0 Å². The third-order valence-corrected chi connectivity index (χ3v) is 3.89. The van der Waals surface area contributed by atoms with E-state index in [-0.39, 0.29) is 11.8 Å². The lowest BCUT2D eigenvalue weighted by Gasteiger charge is -2.20. The number of nitrogens with zero attached hydrogens (tertiary/aromatic N) is 1. The zero-order valence-electron chi connectivity index (χ0n) is 14.2. The zero-order chi connectivity index (χ0) is 17.6. The first kappa shape index (κ1) is 19.5. The first-order valence-electron chi connectivity index (χ1n) is 7.95. The molecule has 0 aliphatic carbocycles. The fourth-order valence-corrected chi connectivity index (χ4v) is 2.56. The number of hydrogen-bond donors (Lipinski definition) is 2. The number of halogens is 1. The molecule has 6 heteroatoms. The summed E-state index contributed by atoms with van der Waals surface area (Å²) >= 11 is 6.20. The molecular weight excluding hydrogens is 314 g/mol. The van der Waals surface area contributed by atoms with Crippen molar-refractivity contribution in [1.82, 2.24) is 4.90 Å². The maximum atomic E-state index is 12.3. The molecule has 0 radical (unpaired) electrons. The van der Waals surface area contributed by atoms with Gasteiger partial charge in [0.15, 0.2) is 0 Å². The van der Waals surface area contributed by atoms with Crippen LogP contribution in [0.4, 0.5) is 5.69 Å². The van der Waals surface area contributed by atoms with Gasteiger partial charge in [-0.05, 0) is 44.4 Å². The average Bonchev–Trinajstić information content (AvgIpc) is 2.47. The highest BCUT2D eigenvalue weighted by atomic mass is 35.5. The van der Waals surface area contributed by atoms with Gasteiger partial charge in [-0.15, -0.1) is 0 Å². The lowest BCUT2D eigenvalue weighted by atomic mass is 10.0. The Labute approximate surface area is 143 Å². The summed E-state index contributed by atoms with van der Waals surface area (Å²) in [6.45, 7) is 9.09. The summed E-state index contributed by atoms with van der Waals surface area (Å²) in [6, 6.07) is 4.32. The third kappa shape index (κ3) is 5.52. The fourth-order valence-electron chi connectivity index (χ4n) is 2.30. The van der Waals surface area contributed by atoms with Gasteiger partial charge in [-0.1, -0.05) is 25.4 Å². The van der Waals surface area contributed by atoms with Crippen molar-refractivity contribution in [2.75, 3.05) is 18.4 Å². The van der Waals surface area contributed by atoms with Crippen molar-refractivity contribution < 1.29 is 9.59 Å². The molecule has 23 heavy (non-hydrogen) atoms. The van der Waals surface area contributed by atoms with Crippen molar-refractivity contribution in [1.29, 1.82) is 0 Å². The molecular formula is C17H26ClN3O2. The molecule has 0 unspecified atom stereocenters. The molecule has 0 aliphatic rings. The Bertz CT molecular complexity index is 557. The van der Waals surface area contributed by atoms with Gasteiger partial charge in [0.2, 0.25) is 5.91 Å². The molecule has 0 aromatic heterocycles. The molecule has 0 spiro atoms.